The number of anilines is 1. The third-order valence-electron chi connectivity index (χ3n) is 2.66. The average Bonchev–Trinajstić information content (AvgIpc) is 2.78. The van der Waals surface area contributed by atoms with E-state index in [1.165, 1.54) is 0 Å². The van der Waals surface area contributed by atoms with E-state index < -0.39 is 0 Å². The highest BCUT2D eigenvalue weighted by molar-refractivity contribution is 5.99. The van der Waals surface area contributed by atoms with Gasteiger partial charge in [-0.25, -0.2) is 0 Å². The van der Waals surface area contributed by atoms with Crippen LogP contribution in [-0.2, 0) is 6.42 Å². The van der Waals surface area contributed by atoms with Gasteiger partial charge in [0.05, 0.1) is 5.56 Å². The predicted octanol–water partition coefficient (Wildman–Crippen LogP) is 1.24. The number of carbonyl (C=O) groups excluding carboxylic acids is 1. The van der Waals surface area contributed by atoms with Crippen LogP contribution in [0.2, 0.25) is 0 Å². The number of benzene rings is 1. The minimum Gasteiger partial charge on any atom is -0.398 e. The Bertz CT molecular complexity index is 592. The van der Waals surface area contributed by atoms with Gasteiger partial charge in [-0.15, -0.1) is 0 Å². The van der Waals surface area contributed by atoms with Gasteiger partial charge >= 0.3 is 0 Å². The van der Waals surface area contributed by atoms with Gasteiger partial charge in [0, 0.05) is 25.6 Å². The Morgan fingerprint density at radius 3 is 2.89 bits per heavy atom. The summed E-state index contributed by atoms with van der Waals surface area (Å²) in [5.41, 5.74) is 7.73. The molecule has 0 atom stereocenters. The van der Waals surface area contributed by atoms with Crippen LogP contribution in [-0.4, -0.2) is 22.6 Å². The highest BCUT2D eigenvalue weighted by atomic mass is 16.5. The molecule has 0 radical (unpaired) electrons. The molecule has 1 amide bonds. The van der Waals surface area contributed by atoms with E-state index in [2.05, 4.69) is 15.5 Å². The lowest BCUT2D eigenvalue weighted by Gasteiger charge is -2.07. The fraction of sp³-hybridized carbons (Fsp3) is 0.308. The zero-order valence-electron chi connectivity index (χ0n) is 10.9. The Kier molecular flexibility index (Phi) is 3.79. The second kappa shape index (κ2) is 5.51. The van der Waals surface area contributed by atoms with Crippen molar-refractivity contribution >= 4 is 11.6 Å². The zero-order valence-corrected chi connectivity index (χ0v) is 10.9. The van der Waals surface area contributed by atoms with Crippen molar-refractivity contribution in [2.45, 2.75) is 20.3 Å². The van der Waals surface area contributed by atoms with E-state index >= 15 is 0 Å². The van der Waals surface area contributed by atoms with Crippen molar-refractivity contribution in [1.29, 1.82) is 0 Å². The first-order valence-electron chi connectivity index (χ1n) is 6.00. The van der Waals surface area contributed by atoms with E-state index in [0.717, 1.165) is 5.56 Å². The van der Waals surface area contributed by atoms with E-state index in [-0.39, 0.29) is 5.91 Å². The standard InChI is InChI=1S/C13H16N4O2/c1-8-3-4-11(14)10(7-8)13(18)15-6-5-12-16-9(2)19-17-12/h3-4,7H,5-6,14H2,1-2H3,(H,15,18). The van der Waals surface area contributed by atoms with E-state index in [1.54, 1.807) is 19.1 Å². The SMILES string of the molecule is Cc1ccc(N)c(C(=O)NCCc2noc(C)n2)c1. The molecule has 6 nitrogen and oxygen atoms in total. The van der Waals surface area contributed by atoms with Crippen LogP contribution >= 0.6 is 0 Å². The van der Waals surface area contributed by atoms with Crippen LogP contribution in [0.15, 0.2) is 22.7 Å². The first-order valence-corrected chi connectivity index (χ1v) is 6.00. The third kappa shape index (κ3) is 3.31. The van der Waals surface area contributed by atoms with Crippen LogP contribution < -0.4 is 11.1 Å². The molecule has 2 rings (SSSR count). The van der Waals surface area contributed by atoms with Gasteiger partial charge in [-0.1, -0.05) is 16.8 Å². The van der Waals surface area contributed by atoms with Gasteiger partial charge in [0.1, 0.15) is 0 Å². The van der Waals surface area contributed by atoms with E-state index in [0.29, 0.717) is 35.9 Å². The van der Waals surface area contributed by atoms with Crippen LogP contribution in [0.4, 0.5) is 5.69 Å². The van der Waals surface area contributed by atoms with Crippen molar-refractivity contribution in [2.75, 3.05) is 12.3 Å². The summed E-state index contributed by atoms with van der Waals surface area (Å²) in [6.07, 6.45) is 0.523. The Labute approximate surface area is 111 Å². The normalized spacial score (nSPS) is 10.4. The zero-order chi connectivity index (χ0) is 13.8. The summed E-state index contributed by atoms with van der Waals surface area (Å²) in [4.78, 5) is 16.0. The van der Waals surface area contributed by atoms with Gasteiger partial charge in [-0.2, -0.15) is 4.98 Å². The molecule has 0 aliphatic rings. The number of hydrogen-bond acceptors (Lipinski definition) is 5. The molecule has 0 bridgehead atoms. The van der Waals surface area contributed by atoms with E-state index in [9.17, 15) is 4.79 Å². The lowest BCUT2D eigenvalue weighted by Crippen LogP contribution is -2.26. The van der Waals surface area contributed by atoms with Crippen LogP contribution in [0.5, 0.6) is 0 Å². The molecule has 0 fully saturated rings. The second-order valence-corrected chi connectivity index (χ2v) is 4.33. The maximum atomic E-state index is 12.0. The van der Waals surface area contributed by atoms with Crippen molar-refractivity contribution in [3.05, 3.63) is 41.0 Å². The van der Waals surface area contributed by atoms with Crippen molar-refractivity contribution in [2.24, 2.45) is 0 Å². The molecule has 19 heavy (non-hydrogen) atoms. The summed E-state index contributed by atoms with van der Waals surface area (Å²) in [6, 6.07) is 5.37. The van der Waals surface area contributed by atoms with Gasteiger partial charge in [0.25, 0.3) is 5.91 Å². The smallest absolute Gasteiger partial charge is 0.253 e. The Hall–Kier alpha value is -2.37. The monoisotopic (exact) mass is 260 g/mol. The molecule has 0 unspecified atom stereocenters. The van der Waals surface area contributed by atoms with Gasteiger partial charge < -0.3 is 15.6 Å². The minimum atomic E-state index is -0.193. The number of aryl methyl sites for hydroxylation is 2. The van der Waals surface area contributed by atoms with Crippen molar-refractivity contribution in [3.8, 4) is 0 Å². The molecule has 1 heterocycles. The predicted molar refractivity (Wildman–Crippen MR) is 70.7 cm³/mol. The molecule has 6 heteroatoms. The number of nitrogens with zero attached hydrogens (tertiary/aromatic N) is 2. The van der Waals surface area contributed by atoms with Crippen LogP contribution in [0.1, 0.15) is 27.6 Å². The summed E-state index contributed by atoms with van der Waals surface area (Å²) in [5, 5.41) is 6.54. The number of aromatic nitrogens is 2. The number of nitrogens with one attached hydrogen (secondary N) is 1. The van der Waals surface area contributed by atoms with Crippen LogP contribution in [0, 0.1) is 13.8 Å². The lowest BCUT2D eigenvalue weighted by atomic mass is 10.1. The van der Waals surface area contributed by atoms with Crippen molar-refractivity contribution in [3.63, 3.8) is 0 Å². The lowest BCUT2D eigenvalue weighted by molar-refractivity contribution is 0.0954. The molecule has 0 spiro atoms. The quantitative estimate of drug-likeness (QED) is 0.807. The number of rotatable bonds is 4. The van der Waals surface area contributed by atoms with E-state index in [1.807, 2.05) is 13.0 Å². The second-order valence-electron chi connectivity index (χ2n) is 4.33. The first-order chi connectivity index (χ1) is 9.06. The number of hydrogen-bond donors (Lipinski definition) is 2. The average molecular weight is 260 g/mol. The number of nitrogen functional groups attached to an aromatic ring is 1. The molecule has 2 aromatic rings. The maximum absolute atomic E-state index is 12.0. The molecular weight excluding hydrogens is 244 g/mol. The largest absolute Gasteiger partial charge is 0.398 e. The summed E-state index contributed by atoms with van der Waals surface area (Å²) >= 11 is 0. The summed E-state index contributed by atoms with van der Waals surface area (Å²) in [5.74, 6) is 0.903. The van der Waals surface area contributed by atoms with E-state index in [4.69, 9.17) is 10.3 Å². The van der Waals surface area contributed by atoms with Crippen molar-refractivity contribution < 1.29 is 9.32 Å². The molecular formula is C13H16N4O2. The first kappa shape index (κ1) is 13.1. The van der Waals surface area contributed by atoms with Gasteiger partial charge in [0.2, 0.25) is 5.89 Å². The fourth-order valence-electron chi connectivity index (χ4n) is 1.69. The Morgan fingerprint density at radius 2 is 2.21 bits per heavy atom. The Balaban J connectivity index is 1.92. The van der Waals surface area contributed by atoms with Gasteiger partial charge in [0.15, 0.2) is 5.82 Å². The highest BCUT2D eigenvalue weighted by Gasteiger charge is 2.10. The number of amides is 1. The minimum absolute atomic E-state index is 0.193. The summed E-state index contributed by atoms with van der Waals surface area (Å²) in [6.45, 7) is 4.08. The summed E-state index contributed by atoms with van der Waals surface area (Å²) < 4.78 is 4.85. The molecule has 3 N–H and O–H groups in total. The highest BCUT2D eigenvalue weighted by Crippen LogP contribution is 2.13. The van der Waals surface area contributed by atoms with Crippen LogP contribution in [0.3, 0.4) is 0 Å². The summed E-state index contributed by atoms with van der Waals surface area (Å²) in [7, 11) is 0. The topological polar surface area (TPSA) is 94.0 Å². The molecule has 0 saturated heterocycles. The number of nitrogens with two attached hydrogens (primary N) is 1. The molecule has 1 aromatic heterocycles. The molecule has 100 valence electrons. The molecule has 1 aromatic carbocycles. The maximum Gasteiger partial charge on any atom is 0.253 e. The Morgan fingerprint density at radius 1 is 1.42 bits per heavy atom. The molecule has 0 saturated carbocycles. The third-order valence-corrected chi connectivity index (χ3v) is 2.66. The van der Waals surface area contributed by atoms with Gasteiger partial charge in [-0.3, -0.25) is 4.79 Å². The van der Waals surface area contributed by atoms with Gasteiger partial charge in [-0.05, 0) is 19.1 Å². The number of carbonyl (C=O) groups is 1. The fourth-order valence-corrected chi connectivity index (χ4v) is 1.69. The molecule has 0 aliphatic heterocycles. The van der Waals surface area contributed by atoms with Crippen molar-refractivity contribution in [1.82, 2.24) is 15.5 Å². The van der Waals surface area contributed by atoms with Crippen LogP contribution in [0.25, 0.3) is 0 Å². The molecule has 0 aliphatic carbocycles.